The number of rotatable bonds is 3. The molecule has 0 saturated carbocycles. The number of pyridine rings is 1. The highest BCUT2D eigenvalue weighted by Crippen LogP contribution is 2.11. The highest BCUT2D eigenvalue weighted by Gasteiger charge is 2.31. The average Bonchev–Trinajstić information content (AvgIpc) is 2.71. The van der Waals surface area contributed by atoms with Crippen LogP contribution in [0, 0.1) is 0 Å². The quantitative estimate of drug-likeness (QED) is 0.823. The molecule has 17 heavy (non-hydrogen) atoms. The second-order valence-corrected chi connectivity index (χ2v) is 3.97. The summed E-state index contributed by atoms with van der Waals surface area (Å²) in [5.74, 6) is -0.237. The van der Waals surface area contributed by atoms with Crippen LogP contribution in [0.25, 0.3) is 0 Å². The minimum absolute atomic E-state index is 0.00439. The molecule has 1 saturated heterocycles. The molecule has 5 heteroatoms. The van der Waals surface area contributed by atoms with E-state index in [1.807, 2.05) is 6.92 Å². The second-order valence-electron chi connectivity index (χ2n) is 3.97. The molecule has 1 atom stereocenters. The Hall–Kier alpha value is -1.91. The lowest BCUT2D eigenvalue weighted by molar-refractivity contribution is -0.129. The molecule has 1 aliphatic heterocycles. The summed E-state index contributed by atoms with van der Waals surface area (Å²) in [5.41, 5.74) is 0.482. The van der Waals surface area contributed by atoms with Gasteiger partial charge in [-0.3, -0.25) is 14.6 Å². The molecule has 1 N–H and O–H groups in total. The summed E-state index contributed by atoms with van der Waals surface area (Å²) in [6.45, 7) is 3.34. The predicted molar refractivity (Wildman–Crippen MR) is 62.4 cm³/mol. The van der Waals surface area contributed by atoms with Crippen molar-refractivity contribution in [3.8, 4) is 0 Å². The van der Waals surface area contributed by atoms with E-state index in [1.54, 1.807) is 23.2 Å². The number of hydrogen-bond acceptors (Lipinski definition) is 3. The van der Waals surface area contributed by atoms with Gasteiger partial charge in [-0.25, -0.2) is 0 Å². The van der Waals surface area contributed by atoms with Crippen molar-refractivity contribution in [2.45, 2.75) is 19.4 Å². The predicted octanol–water partition coefficient (Wildman–Crippen LogP) is 0.432. The molecule has 2 heterocycles. The Morgan fingerprint density at radius 3 is 3.06 bits per heavy atom. The minimum atomic E-state index is -0.386. The van der Waals surface area contributed by atoms with E-state index in [9.17, 15) is 9.59 Å². The van der Waals surface area contributed by atoms with Gasteiger partial charge in [0.25, 0.3) is 5.91 Å². The van der Waals surface area contributed by atoms with Crippen LogP contribution in [0.2, 0.25) is 0 Å². The van der Waals surface area contributed by atoms with Gasteiger partial charge in [0.1, 0.15) is 6.04 Å². The van der Waals surface area contributed by atoms with Crippen LogP contribution in [-0.4, -0.2) is 40.8 Å². The number of likely N-dealkylation sites (tertiary alicyclic amines) is 1. The summed E-state index contributed by atoms with van der Waals surface area (Å²) in [6, 6.07) is 2.99. The molecular weight excluding hydrogens is 218 g/mol. The Morgan fingerprint density at radius 1 is 1.65 bits per heavy atom. The lowest BCUT2D eigenvalue weighted by Crippen LogP contribution is -2.41. The van der Waals surface area contributed by atoms with Gasteiger partial charge in [0.05, 0.1) is 5.56 Å². The average molecular weight is 233 g/mol. The smallest absolute Gasteiger partial charge is 0.253 e. The number of aromatic nitrogens is 1. The van der Waals surface area contributed by atoms with E-state index in [4.69, 9.17) is 0 Å². The van der Waals surface area contributed by atoms with Gasteiger partial charge >= 0.3 is 0 Å². The van der Waals surface area contributed by atoms with E-state index in [-0.39, 0.29) is 17.9 Å². The van der Waals surface area contributed by atoms with Gasteiger partial charge in [-0.2, -0.15) is 0 Å². The van der Waals surface area contributed by atoms with E-state index >= 15 is 0 Å². The Balaban J connectivity index is 1.99. The minimum Gasteiger partial charge on any atom is -0.341 e. The lowest BCUT2D eigenvalue weighted by Gasteiger charge is -2.14. The first kappa shape index (κ1) is 11.6. The van der Waals surface area contributed by atoms with E-state index in [2.05, 4.69) is 10.3 Å². The van der Waals surface area contributed by atoms with Crippen LogP contribution < -0.4 is 5.32 Å². The van der Waals surface area contributed by atoms with Crippen molar-refractivity contribution in [2.75, 3.05) is 13.1 Å². The summed E-state index contributed by atoms with van der Waals surface area (Å²) in [4.78, 5) is 29.2. The summed E-state index contributed by atoms with van der Waals surface area (Å²) in [6.07, 6.45) is 3.78. The van der Waals surface area contributed by atoms with Crippen molar-refractivity contribution in [1.82, 2.24) is 15.2 Å². The topological polar surface area (TPSA) is 62.3 Å². The van der Waals surface area contributed by atoms with Crippen LogP contribution in [0.1, 0.15) is 23.7 Å². The summed E-state index contributed by atoms with van der Waals surface area (Å²) in [7, 11) is 0. The van der Waals surface area contributed by atoms with Crippen LogP contribution in [0.3, 0.4) is 0 Å². The van der Waals surface area contributed by atoms with Gasteiger partial charge in [-0.05, 0) is 25.5 Å². The molecular formula is C12H15N3O2. The van der Waals surface area contributed by atoms with Crippen LogP contribution in [0.4, 0.5) is 0 Å². The van der Waals surface area contributed by atoms with E-state index < -0.39 is 0 Å². The highest BCUT2D eigenvalue weighted by molar-refractivity contribution is 5.97. The summed E-state index contributed by atoms with van der Waals surface area (Å²) < 4.78 is 0. The highest BCUT2D eigenvalue weighted by atomic mass is 16.2. The first-order chi connectivity index (χ1) is 8.22. The fourth-order valence-electron chi connectivity index (χ4n) is 1.93. The third-order valence-electron chi connectivity index (χ3n) is 2.91. The van der Waals surface area contributed by atoms with Gasteiger partial charge in [0.15, 0.2) is 0 Å². The fourth-order valence-corrected chi connectivity index (χ4v) is 1.93. The van der Waals surface area contributed by atoms with Crippen molar-refractivity contribution in [1.29, 1.82) is 0 Å². The van der Waals surface area contributed by atoms with Gasteiger partial charge < -0.3 is 10.2 Å². The third kappa shape index (κ3) is 2.43. The Kier molecular flexibility index (Phi) is 3.37. The molecule has 0 spiro atoms. The van der Waals surface area contributed by atoms with Gasteiger partial charge in [0, 0.05) is 25.5 Å². The lowest BCUT2D eigenvalue weighted by atomic mass is 10.2. The molecule has 1 fully saturated rings. The Morgan fingerprint density at radius 2 is 2.47 bits per heavy atom. The van der Waals surface area contributed by atoms with Crippen molar-refractivity contribution >= 4 is 11.8 Å². The van der Waals surface area contributed by atoms with Crippen molar-refractivity contribution in [3.63, 3.8) is 0 Å². The molecule has 0 aromatic carbocycles. The number of carbonyl (C=O) groups is 2. The zero-order chi connectivity index (χ0) is 12.3. The maximum absolute atomic E-state index is 11.8. The Labute approximate surface area is 99.8 Å². The number of nitrogens with zero attached hydrogens (tertiary/aromatic N) is 2. The molecule has 1 unspecified atom stereocenters. The zero-order valence-electron chi connectivity index (χ0n) is 9.72. The maximum Gasteiger partial charge on any atom is 0.253 e. The standard InChI is InChI=1S/C12H15N3O2/c1-2-15-7-5-10(12(15)17)14-11(16)9-4-3-6-13-8-9/h3-4,6,8,10H,2,5,7H2,1H3,(H,14,16). The van der Waals surface area contributed by atoms with Crippen molar-refractivity contribution in [2.24, 2.45) is 0 Å². The van der Waals surface area contributed by atoms with E-state index in [0.29, 0.717) is 25.1 Å². The zero-order valence-corrected chi connectivity index (χ0v) is 9.72. The largest absolute Gasteiger partial charge is 0.341 e. The monoisotopic (exact) mass is 233 g/mol. The first-order valence-corrected chi connectivity index (χ1v) is 5.72. The third-order valence-corrected chi connectivity index (χ3v) is 2.91. The molecule has 2 rings (SSSR count). The molecule has 2 amide bonds. The second kappa shape index (κ2) is 4.95. The summed E-state index contributed by atoms with van der Waals surface area (Å²) in [5, 5.41) is 2.74. The van der Waals surface area contributed by atoms with Gasteiger partial charge in [0.2, 0.25) is 5.91 Å². The number of carbonyl (C=O) groups excluding carboxylic acids is 2. The molecule has 0 bridgehead atoms. The van der Waals surface area contributed by atoms with E-state index in [1.165, 1.54) is 6.20 Å². The normalized spacial score (nSPS) is 19.5. The molecule has 1 aliphatic rings. The van der Waals surface area contributed by atoms with Crippen molar-refractivity contribution in [3.05, 3.63) is 30.1 Å². The molecule has 1 aromatic rings. The Bertz CT molecular complexity index is 419. The van der Waals surface area contributed by atoms with E-state index in [0.717, 1.165) is 0 Å². The summed E-state index contributed by atoms with van der Waals surface area (Å²) >= 11 is 0. The number of nitrogens with one attached hydrogen (secondary N) is 1. The number of likely N-dealkylation sites (N-methyl/N-ethyl adjacent to an activating group) is 1. The number of hydrogen-bond donors (Lipinski definition) is 1. The van der Waals surface area contributed by atoms with Gasteiger partial charge in [-0.1, -0.05) is 0 Å². The molecule has 1 aromatic heterocycles. The SMILES string of the molecule is CCN1CCC(NC(=O)c2cccnc2)C1=O. The van der Waals surface area contributed by atoms with Crippen LogP contribution in [0.5, 0.6) is 0 Å². The first-order valence-electron chi connectivity index (χ1n) is 5.72. The molecule has 0 aliphatic carbocycles. The maximum atomic E-state index is 11.8. The van der Waals surface area contributed by atoms with Crippen molar-refractivity contribution < 1.29 is 9.59 Å². The molecule has 0 radical (unpaired) electrons. The van der Waals surface area contributed by atoms with Crippen LogP contribution >= 0.6 is 0 Å². The number of amides is 2. The molecule has 5 nitrogen and oxygen atoms in total. The van der Waals surface area contributed by atoms with Crippen LogP contribution in [0.15, 0.2) is 24.5 Å². The van der Waals surface area contributed by atoms with Crippen LogP contribution in [-0.2, 0) is 4.79 Å². The fraction of sp³-hybridized carbons (Fsp3) is 0.417. The molecule has 90 valence electrons. The van der Waals surface area contributed by atoms with Gasteiger partial charge in [-0.15, -0.1) is 0 Å².